The maximum absolute atomic E-state index is 9.19. The SMILES string of the molecule is CNc1ccccc1.CS(=O)(=O)O. The Morgan fingerprint density at radius 1 is 1.23 bits per heavy atom. The minimum atomic E-state index is -3.67. The lowest BCUT2D eigenvalue weighted by molar-refractivity contribution is 0.490. The number of hydrogen-bond acceptors (Lipinski definition) is 3. The Kier molecular flexibility index (Phi) is 5.10. The fourth-order valence-electron chi connectivity index (χ4n) is 0.605. The Labute approximate surface area is 78.3 Å². The highest BCUT2D eigenvalue weighted by Crippen LogP contribution is 2.01. The molecule has 2 N–H and O–H groups in total. The Morgan fingerprint density at radius 2 is 1.62 bits per heavy atom. The lowest BCUT2D eigenvalue weighted by Crippen LogP contribution is -1.88. The van der Waals surface area contributed by atoms with Crippen molar-refractivity contribution >= 4 is 15.8 Å². The highest BCUT2D eigenvalue weighted by Gasteiger charge is 1.81. The summed E-state index contributed by atoms with van der Waals surface area (Å²) in [6, 6.07) is 10.1. The molecule has 0 fully saturated rings. The Balaban J connectivity index is 0.000000252. The average molecular weight is 203 g/mol. The summed E-state index contributed by atoms with van der Waals surface area (Å²) in [5.74, 6) is 0. The normalized spacial score (nSPS) is 9.77. The van der Waals surface area contributed by atoms with E-state index in [9.17, 15) is 8.42 Å². The fourth-order valence-corrected chi connectivity index (χ4v) is 0.605. The molecule has 1 aromatic carbocycles. The van der Waals surface area contributed by atoms with Gasteiger partial charge in [0.2, 0.25) is 0 Å². The van der Waals surface area contributed by atoms with Crippen LogP contribution in [0.15, 0.2) is 30.3 Å². The van der Waals surface area contributed by atoms with Gasteiger partial charge in [0.05, 0.1) is 6.26 Å². The van der Waals surface area contributed by atoms with Crippen molar-refractivity contribution in [3.05, 3.63) is 30.3 Å². The zero-order valence-electron chi connectivity index (χ0n) is 7.56. The standard InChI is InChI=1S/C7H9N.CH4O3S/c1-8-7-5-3-2-4-6-7;1-5(2,3)4/h2-6,8H,1H3;1H3,(H,2,3,4). The molecule has 0 amide bonds. The maximum Gasteiger partial charge on any atom is 0.261 e. The van der Waals surface area contributed by atoms with Gasteiger partial charge in [-0.15, -0.1) is 0 Å². The van der Waals surface area contributed by atoms with Crippen molar-refractivity contribution in [3.8, 4) is 0 Å². The quantitative estimate of drug-likeness (QED) is 0.674. The largest absolute Gasteiger partial charge is 0.388 e. The van der Waals surface area contributed by atoms with Crippen molar-refractivity contribution in [2.45, 2.75) is 0 Å². The summed E-state index contributed by atoms with van der Waals surface area (Å²) >= 11 is 0. The second-order valence-electron chi connectivity index (χ2n) is 2.35. The van der Waals surface area contributed by atoms with Gasteiger partial charge < -0.3 is 5.32 Å². The topological polar surface area (TPSA) is 66.4 Å². The summed E-state index contributed by atoms with van der Waals surface area (Å²) in [6.07, 6.45) is 0.715. The first-order chi connectivity index (χ1) is 5.93. The van der Waals surface area contributed by atoms with E-state index in [-0.39, 0.29) is 0 Å². The molecule has 0 aliphatic carbocycles. The minimum absolute atomic E-state index is 0.715. The highest BCUT2D eigenvalue weighted by molar-refractivity contribution is 7.85. The van der Waals surface area contributed by atoms with Crippen LogP contribution in [0.1, 0.15) is 0 Å². The summed E-state index contributed by atoms with van der Waals surface area (Å²) in [7, 11) is -1.75. The summed E-state index contributed by atoms with van der Waals surface area (Å²) < 4.78 is 25.9. The van der Waals surface area contributed by atoms with Crippen LogP contribution in [0, 0.1) is 0 Å². The number of nitrogens with one attached hydrogen (secondary N) is 1. The van der Waals surface area contributed by atoms with E-state index < -0.39 is 10.1 Å². The van der Waals surface area contributed by atoms with Crippen molar-refractivity contribution < 1.29 is 13.0 Å². The van der Waals surface area contributed by atoms with Crippen molar-refractivity contribution in [3.63, 3.8) is 0 Å². The van der Waals surface area contributed by atoms with Crippen LogP contribution in [0.3, 0.4) is 0 Å². The molecule has 1 rings (SSSR count). The van der Waals surface area contributed by atoms with Crippen molar-refractivity contribution in [2.24, 2.45) is 0 Å². The summed E-state index contributed by atoms with van der Waals surface area (Å²) in [5.41, 5.74) is 1.16. The van der Waals surface area contributed by atoms with Crippen LogP contribution in [0.25, 0.3) is 0 Å². The predicted molar refractivity (Wildman–Crippen MR) is 53.5 cm³/mol. The fraction of sp³-hybridized carbons (Fsp3) is 0.250. The molecule has 0 aliphatic rings. The van der Waals surface area contributed by atoms with Crippen molar-refractivity contribution in [2.75, 3.05) is 18.6 Å². The van der Waals surface area contributed by atoms with Gasteiger partial charge in [-0.3, -0.25) is 4.55 Å². The van der Waals surface area contributed by atoms with E-state index in [4.69, 9.17) is 4.55 Å². The van der Waals surface area contributed by atoms with E-state index in [1.54, 1.807) is 0 Å². The summed E-state index contributed by atoms with van der Waals surface area (Å²) in [5, 5.41) is 3.03. The first-order valence-corrected chi connectivity index (χ1v) is 5.43. The van der Waals surface area contributed by atoms with Crippen LogP contribution in [0.5, 0.6) is 0 Å². The molecule has 0 atom stereocenters. The monoisotopic (exact) mass is 203 g/mol. The molecule has 74 valence electrons. The molecule has 0 aromatic heterocycles. The van der Waals surface area contributed by atoms with E-state index in [1.165, 1.54) is 0 Å². The molecular formula is C8H13NO3S. The third kappa shape index (κ3) is 10.9. The smallest absolute Gasteiger partial charge is 0.261 e. The van der Waals surface area contributed by atoms with Gasteiger partial charge >= 0.3 is 0 Å². The Morgan fingerprint density at radius 3 is 1.85 bits per heavy atom. The van der Waals surface area contributed by atoms with Crippen LogP contribution < -0.4 is 5.32 Å². The molecule has 5 heteroatoms. The molecule has 4 nitrogen and oxygen atoms in total. The second-order valence-corrected chi connectivity index (χ2v) is 3.82. The second kappa shape index (κ2) is 5.55. The molecule has 0 aliphatic heterocycles. The minimum Gasteiger partial charge on any atom is -0.388 e. The first kappa shape index (κ1) is 11.9. The molecular weight excluding hydrogens is 190 g/mol. The first-order valence-electron chi connectivity index (χ1n) is 3.58. The Hall–Kier alpha value is -1.07. The van der Waals surface area contributed by atoms with Gasteiger partial charge in [-0.05, 0) is 12.1 Å². The van der Waals surface area contributed by atoms with Crippen LogP contribution in [0.4, 0.5) is 5.69 Å². The molecule has 0 heterocycles. The maximum atomic E-state index is 9.19. The third-order valence-corrected chi connectivity index (χ3v) is 1.06. The van der Waals surface area contributed by atoms with Gasteiger partial charge in [0.25, 0.3) is 10.1 Å². The van der Waals surface area contributed by atoms with E-state index in [2.05, 4.69) is 5.32 Å². The van der Waals surface area contributed by atoms with E-state index in [0.29, 0.717) is 6.26 Å². The lowest BCUT2D eigenvalue weighted by atomic mass is 10.3. The van der Waals surface area contributed by atoms with Gasteiger partial charge in [-0.2, -0.15) is 8.42 Å². The van der Waals surface area contributed by atoms with Gasteiger partial charge in [-0.1, -0.05) is 18.2 Å². The lowest BCUT2D eigenvalue weighted by Gasteiger charge is -1.94. The van der Waals surface area contributed by atoms with Crippen LogP contribution in [0.2, 0.25) is 0 Å². The molecule has 0 unspecified atom stereocenters. The molecule has 0 saturated heterocycles. The van der Waals surface area contributed by atoms with Gasteiger partial charge in [0.15, 0.2) is 0 Å². The van der Waals surface area contributed by atoms with E-state index >= 15 is 0 Å². The van der Waals surface area contributed by atoms with Gasteiger partial charge in [-0.25, -0.2) is 0 Å². The third-order valence-electron chi connectivity index (χ3n) is 1.06. The molecule has 0 bridgehead atoms. The average Bonchev–Trinajstić information content (AvgIpc) is 2.03. The van der Waals surface area contributed by atoms with Gasteiger partial charge in [0, 0.05) is 12.7 Å². The van der Waals surface area contributed by atoms with Crippen LogP contribution in [-0.4, -0.2) is 26.3 Å². The summed E-state index contributed by atoms with van der Waals surface area (Å²) in [4.78, 5) is 0. The Bertz CT molecular complexity index is 313. The molecule has 0 radical (unpaired) electrons. The molecule has 0 spiro atoms. The van der Waals surface area contributed by atoms with E-state index in [0.717, 1.165) is 5.69 Å². The van der Waals surface area contributed by atoms with Crippen molar-refractivity contribution in [1.82, 2.24) is 0 Å². The summed E-state index contributed by atoms with van der Waals surface area (Å²) in [6.45, 7) is 0. The molecule has 1 aromatic rings. The number of benzene rings is 1. The number of hydrogen-bond donors (Lipinski definition) is 2. The van der Waals surface area contributed by atoms with Crippen LogP contribution >= 0.6 is 0 Å². The van der Waals surface area contributed by atoms with Crippen molar-refractivity contribution in [1.29, 1.82) is 0 Å². The predicted octanol–water partition coefficient (Wildman–Crippen LogP) is 1.23. The molecule has 13 heavy (non-hydrogen) atoms. The number of anilines is 1. The zero-order chi connectivity index (χ0) is 10.3. The van der Waals surface area contributed by atoms with E-state index in [1.807, 2.05) is 37.4 Å². The zero-order valence-corrected chi connectivity index (χ0v) is 8.38. The highest BCUT2D eigenvalue weighted by atomic mass is 32.2. The van der Waals surface area contributed by atoms with Gasteiger partial charge in [0.1, 0.15) is 0 Å². The number of para-hydroxylation sites is 1. The number of rotatable bonds is 1. The molecule has 0 saturated carbocycles. The van der Waals surface area contributed by atoms with Crippen LogP contribution in [-0.2, 0) is 10.1 Å².